The van der Waals surface area contributed by atoms with Gasteiger partial charge in [-0.3, -0.25) is 14.7 Å². The van der Waals surface area contributed by atoms with Crippen LogP contribution < -0.4 is 0 Å². The van der Waals surface area contributed by atoms with E-state index in [0.717, 1.165) is 38.4 Å². The fourth-order valence-corrected chi connectivity index (χ4v) is 3.55. The van der Waals surface area contributed by atoms with Crippen molar-refractivity contribution in [1.82, 2.24) is 14.8 Å². The summed E-state index contributed by atoms with van der Waals surface area (Å²) in [6.07, 6.45) is -7.03. The molecule has 3 atom stereocenters. The Morgan fingerprint density at radius 3 is 2.13 bits per heavy atom. The number of likely N-dealkylation sites (N-methyl/N-ethyl adjacent to an activating group) is 1. The second-order valence-corrected chi connectivity index (χ2v) is 8.55. The van der Waals surface area contributed by atoms with Gasteiger partial charge in [0.05, 0.1) is 18.4 Å². The van der Waals surface area contributed by atoms with Gasteiger partial charge in [-0.2, -0.15) is 26.3 Å². The number of pyridine rings is 1. The van der Waals surface area contributed by atoms with Gasteiger partial charge in [-0.1, -0.05) is 6.07 Å². The molecule has 0 aliphatic carbocycles. The molecular weight excluding hydrogens is 532 g/mol. The first-order valence-electron chi connectivity index (χ1n) is 11.1. The van der Waals surface area contributed by atoms with Gasteiger partial charge in [-0.05, 0) is 24.5 Å². The first-order valence-corrected chi connectivity index (χ1v) is 11.1. The summed E-state index contributed by atoms with van der Waals surface area (Å²) >= 11 is 0. The van der Waals surface area contributed by atoms with Crippen molar-refractivity contribution in [2.24, 2.45) is 11.8 Å². The molecule has 10 nitrogen and oxygen atoms in total. The molecule has 0 aromatic carbocycles. The second kappa shape index (κ2) is 14.8. The molecule has 2 aliphatic rings. The molecule has 2 fully saturated rings. The highest BCUT2D eigenvalue weighted by Gasteiger charge is 2.43. The number of alkyl halides is 6. The highest BCUT2D eigenvalue weighted by Crippen LogP contribution is 2.35. The zero-order valence-corrected chi connectivity index (χ0v) is 20.5. The molecule has 2 aliphatic heterocycles. The van der Waals surface area contributed by atoms with Gasteiger partial charge >= 0.3 is 24.3 Å². The molecule has 1 aromatic rings. The molecule has 1 amide bonds. The Hall–Kier alpha value is -2.98. The maximum absolute atomic E-state index is 11.5. The van der Waals surface area contributed by atoms with Gasteiger partial charge in [0.1, 0.15) is 6.61 Å². The Balaban J connectivity index is 0.000000426. The summed E-state index contributed by atoms with van der Waals surface area (Å²) in [4.78, 5) is 37.7. The average molecular weight is 561 g/mol. The number of nitrogens with zero attached hydrogens (tertiary/aromatic N) is 3. The number of hydrogen-bond acceptors (Lipinski definition) is 7. The van der Waals surface area contributed by atoms with Crippen molar-refractivity contribution in [1.29, 1.82) is 0 Å². The van der Waals surface area contributed by atoms with E-state index in [0.29, 0.717) is 24.5 Å². The number of amides is 1. The molecule has 0 spiro atoms. The molecule has 1 aromatic heterocycles. The van der Waals surface area contributed by atoms with Gasteiger partial charge in [0.2, 0.25) is 5.91 Å². The van der Waals surface area contributed by atoms with Crippen molar-refractivity contribution in [2.75, 3.05) is 47.0 Å². The SMILES string of the molecule is CN(C)C(=O)COCC[C@H]1CO[C@H]2CN(Cc3ccccn3)C[C@@H]12.O=C(O)C(F)(F)F.O=C(O)C(F)(F)F. The lowest BCUT2D eigenvalue weighted by atomic mass is 9.91. The number of carboxylic acid groups (broad SMARTS) is 2. The van der Waals surface area contributed by atoms with E-state index in [4.69, 9.17) is 29.3 Å². The van der Waals surface area contributed by atoms with Crippen LogP contribution in [0.25, 0.3) is 0 Å². The van der Waals surface area contributed by atoms with E-state index in [1.54, 1.807) is 19.0 Å². The Morgan fingerprint density at radius 1 is 1.08 bits per heavy atom. The molecule has 2 saturated heterocycles. The first kappa shape index (κ1) is 33.0. The third-order valence-corrected chi connectivity index (χ3v) is 5.47. The number of ether oxygens (including phenoxy) is 2. The van der Waals surface area contributed by atoms with Crippen LogP contribution in [0.1, 0.15) is 12.1 Å². The minimum absolute atomic E-state index is 0.0120. The highest BCUT2D eigenvalue weighted by molar-refractivity contribution is 5.76. The standard InChI is InChI=1S/C18H27N3O3.2C2HF3O2/c1-20(2)18(22)13-23-8-6-14-12-24-17-11-21(10-16(14)17)9-15-5-3-4-7-19-15;2*3-2(4,5)1(6)7/h3-5,7,14,16-17H,6,8-13H2,1-2H3;2*(H,6,7)/t14-,16-,17-;;/m0../s1. The number of aliphatic carboxylic acids is 2. The largest absolute Gasteiger partial charge is 0.490 e. The van der Waals surface area contributed by atoms with Crippen LogP contribution in [0.5, 0.6) is 0 Å². The van der Waals surface area contributed by atoms with E-state index >= 15 is 0 Å². The van der Waals surface area contributed by atoms with Crippen molar-refractivity contribution in [3.05, 3.63) is 30.1 Å². The van der Waals surface area contributed by atoms with E-state index in [-0.39, 0.29) is 12.5 Å². The normalized spacial score (nSPS) is 20.9. The number of rotatable bonds is 7. The Kier molecular flexibility index (Phi) is 12.9. The quantitative estimate of drug-likeness (QED) is 0.381. The molecule has 0 saturated carbocycles. The maximum Gasteiger partial charge on any atom is 0.490 e. The predicted molar refractivity (Wildman–Crippen MR) is 118 cm³/mol. The number of aromatic nitrogens is 1. The minimum Gasteiger partial charge on any atom is -0.475 e. The van der Waals surface area contributed by atoms with Gasteiger partial charge in [-0.15, -0.1) is 0 Å². The summed E-state index contributed by atoms with van der Waals surface area (Å²) in [7, 11) is 3.49. The van der Waals surface area contributed by atoms with Crippen molar-refractivity contribution >= 4 is 17.8 Å². The maximum atomic E-state index is 11.5. The van der Waals surface area contributed by atoms with Crippen LogP contribution in [0.15, 0.2) is 24.4 Å². The third-order valence-electron chi connectivity index (χ3n) is 5.47. The fraction of sp³-hybridized carbons (Fsp3) is 0.636. The van der Waals surface area contributed by atoms with E-state index in [2.05, 4.69) is 16.0 Å². The lowest BCUT2D eigenvalue weighted by Gasteiger charge is -2.19. The lowest BCUT2D eigenvalue weighted by Crippen LogP contribution is -2.27. The van der Waals surface area contributed by atoms with Gasteiger partial charge in [0.15, 0.2) is 0 Å². The summed E-state index contributed by atoms with van der Waals surface area (Å²) in [6.45, 7) is 4.54. The van der Waals surface area contributed by atoms with E-state index in [9.17, 15) is 31.1 Å². The van der Waals surface area contributed by atoms with Crippen molar-refractivity contribution < 1.29 is 60.4 Å². The van der Waals surface area contributed by atoms with E-state index < -0.39 is 24.3 Å². The van der Waals surface area contributed by atoms with Gasteiger partial charge in [0.25, 0.3) is 0 Å². The molecule has 3 heterocycles. The minimum atomic E-state index is -5.08. The number of halogens is 6. The number of carbonyl (C=O) groups excluding carboxylic acids is 1. The van der Waals surface area contributed by atoms with Crippen molar-refractivity contribution in [2.45, 2.75) is 31.4 Å². The van der Waals surface area contributed by atoms with Gasteiger partial charge in [0, 0.05) is 52.5 Å². The molecule has 0 bridgehead atoms. The first-order chi connectivity index (χ1) is 17.5. The third kappa shape index (κ3) is 12.0. The molecule has 16 heteroatoms. The van der Waals surface area contributed by atoms with Crippen molar-refractivity contribution in [3.63, 3.8) is 0 Å². The summed E-state index contributed by atoms with van der Waals surface area (Å²) in [5, 5.41) is 14.2. The van der Waals surface area contributed by atoms with E-state index in [1.165, 1.54) is 0 Å². The highest BCUT2D eigenvalue weighted by atomic mass is 19.4. The smallest absolute Gasteiger partial charge is 0.475 e. The van der Waals surface area contributed by atoms with Gasteiger partial charge in [-0.25, -0.2) is 9.59 Å². The Bertz CT molecular complexity index is 876. The predicted octanol–water partition coefficient (Wildman–Crippen LogP) is 2.29. The molecule has 38 heavy (non-hydrogen) atoms. The van der Waals surface area contributed by atoms with Crippen LogP contribution in [-0.4, -0.2) is 108 Å². The second-order valence-electron chi connectivity index (χ2n) is 8.55. The van der Waals surface area contributed by atoms with Gasteiger partial charge < -0.3 is 24.6 Å². The summed E-state index contributed by atoms with van der Waals surface area (Å²) < 4.78 is 75.0. The fourth-order valence-electron chi connectivity index (χ4n) is 3.55. The molecular formula is C22H29F6N3O7. The molecule has 216 valence electrons. The number of carboxylic acids is 2. The number of likely N-dealkylation sites (tertiary alicyclic amines) is 1. The topological polar surface area (TPSA) is 130 Å². The van der Waals surface area contributed by atoms with Crippen LogP contribution in [0.3, 0.4) is 0 Å². The van der Waals surface area contributed by atoms with Crippen LogP contribution in [-0.2, 0) is 30.4 Å². The molecule has 0 radical (unpaired) electrons. The zero-order chi connectivity index (χ0) is 29.1. The summed E-state index contributed by atoms with van der Waals surface area (Å²) in [6, 6.07) is 6.05. The average Bonchev–Trinajstić information content (AvgIpc) is 3.37. The Labute approximate surface area is 214 Å². The van der Waals surface area contributed by atoms with Crippen LogP contribution >= 0.6 is 0 Å². The number of fused-ring (bicyclic) bond motifs is 1. The summed E-state index contributed by atoms with van der Waals surface area (Å²) in [5.74, 6) is -4.40. The van der Waals surface area contributed by atoms with E-state index in [1.807, 2.05) is 18.3 Å². The zero-order valence-electron chi connectivity index (χ0n) is 20.5. The van der Waals surface area contributed by atoms with Crippen LogP contribution in [0.2, 0.25) is 0 Å². The number of carbonyl (C=O) groups is 3. The lowest BCUT2D eigenvalue weighted by molar-refractivity contribution is -0.193. The van der Waals surface area contributed by atoms with Crippen LogP contribution in [0.4, 0.5) is 26.3 Å². The molecule has 2 N–H and O–H groups in total. The number of hydrogen-bond donors (Lipinski definition) is 2. The Morgan fingerprint density at radius 2 is 1.66 bits per heavy atom. The monoisotopic (exact) mass is 561 g/mol. The molecule has 3 rings (SSSR count). The van der Waals surface area contributed by atoms with Crippen LogP contribution in [0, 0.1) is 11.8 Å². The van der Waals surface area contributed by atoms with Crippen molar-refractivity contribution in [3.8, 4) is 0 Å². The summed E-state index contributed by atoms with van der Waals surface area (Å²) in [5.41, 5.74) is 1.11. The molecule has 0 unspecified atom stereocenters.